The predicted molar refractivity (Wildman–Crippen MR) is 126 cm³/mol. The number of aliphatic hydroxyl groups is 1. The van der Waals surface area contributed by atoms with Gasteiger partial charge in [-0.05, 0) is 37.1 Å². The summed E-state index contributed by atoms with van der Waals surface area (Å²) in [6, 6.07) is 5.55. The van der Waals surface area contributed by atoms with Gasteiger partial charge < -0.3 is 10.4 Å². The molecule has 1 aliphatic rings. The maximum Gasteiger partial charge on any atom is 0.420 e. The number of benzene rings is 1. The van der Waals surface area contributed by atoms with E-state index in [0.717, 1.165) is 60.2 Å². The minimum Gasteiger partial charge on any atom is -0.392 e. The highest BCUT2D eigenvalue weighted by atomic mass is 32.2. The minimum absolute atomic E-state index is 0.0772. The quantitative estimate of drug-likeness (QED) is 0.453. The highest BCUT2D eigenvalue weighted by Crippen LogP contribution is 2.40. The van der Waals surface area contributed by atoms with Crippen molar-refractivity contribution >= 4 is 29.2 Å². The summed E-state index contributed by atoms with van der Waals surface area (Å²) < 4.78 is 43.5. The van der Waals surface area contributed by atoms with Crippen LogP contribution in [0.25, 0.3) is 21.1 Å². The molecular formula is C22H24F3N5OS2. The third-order valence-corrected chi connectivity index (χ3v) is 7.50. The van der Waals surface area contributed by atoms with E-state index in [9.17, 15) is 18.3 Å². The van der Waals surface area contributed by atoms with Gasteiger partial charge in [0.1, 0.15) is 10.6 Å². The van der Waals surface area contributed by atoms with Crippen molar-refractivity contribution in [1.29, 1.82) is 0 Å². The van der Waals surface area contributed by atoms with Crippen LogP contribution < -0.4 is 5.32 Å². The Hall–Kier alpha value is -2.21. The molecule has 1 saturated heterocycles. The molecule has 4 rings (SSSR count). The fourth-order valence-electron chi connectivity index (χ4n) is 3.78. The first-order valence-electron chi connectivity index (χ1n) is 10.4. The summed E-state index contributed by atoms with van der Waals surface area (Å²) in [7, 11) is 0. The number of piperidine rings is 1. The number of aliphatic hydroxyl groups excluding tert-OH is 1. The number of nitrogens with zero attached hydrogens (tertiary/aromatic N) is 4. The second-order valence-corrected chi connectivity index (χ2v) is 9.73. The Balaban J connectivity index is 1.64. The number of aryl methyl sites for hydroxylation is 1. The maximum atomic E-state index is 13.7. The molecule has 33 heavy (non-hydrogen) atoms. The van der Waals surface area contributed by atoms with Crippen LogP contribution in [-0.2, 0) is 12.8 Å². The molecule has 2 aromatic heterocycles. The van der Waals surface area contributed by atoms with Crippen molar-refractivity contribution in [3.05, 3.63) is 47.3 Å². The number of hydrogen-bond donors (Lipinski definition) is 2. The van der Waals surface area contributed by atoms with Gasteiger partial charge in [-0.2, -0.15) is 13.2 Å². The number of anilines is 1. The summed E-state index contributed by atoms with van der Waals surface area (Å²) in [5, 5.41) is 13.1. The van der Waals surface area contributed by atoms with Crippen molar-refractivity contribution in [2.45, 2.75) is 38.6 Å². The van der Waals surface area contributed by atoms with Crippen LogP contribution in [0.15, 0.2) is 30.6 Å². The van der Waals surface area contributed by atoms with E-state index in [0.29, 0.717) is 9.88 Å². The lowest BCUT2D eigenvalue weighted by atomic mass is 10.1. The van der Waals surface area contributed by atoms with Gasteiger partial charge in [0.05, 0.1) is 17.2 Å². The first-order valence-corrected chi connectivity index (χ1v) is 12.4. The molecular weight excluding hydrogens is 471 g/mol. The average molecular weight is 496 g/mol. The van der Waals surface area contributed by atoms with Crippen LogP contribution in [0.1, 0.15) is 29.5 Å². The normalized spacial score (nSPS) is 15.7. The van der Waals surface area contributed by atoms with E-state index in [4.69, 9.17) is 0 Å². The molecule has 6 nitrogen and oxygen atoms in total. The number of rotatable bonds is 6. The molecule has 1 aromatic carbocycles. The molecule has 0 bridgehead atoms. The Kier molecular flexibility index (Phi) is 7.22. The first-order chi connectivity index (χ1) is 15.8. The third kappa shape index (κ3) is 5.48. The maximum absolute atomic E-state index is 13.7. The van der Waals surface area contributed by atoms with E-state index in [1.165, 1.54) is 6.20 Å². The Morgan fingerprint density at radius 3 is 2.61 bits per heavy atom. The van der Waals surface area contributed by atoms with Gasteiger partial charge in [-0.1, -0.05) is 30.1 Å². The average Bonchev–Trinajstić information content (AvgIpc) is 3.28. The minimum atomic E-state index is -4.58. The third-order valence-electron chi connectivity index (χ3n) is 5.58. The molecule has 1 aliphatic heterocycles. The standard InChI is InChI=1S/C22H24F3N5OS2/c1-13-9-14(12-31)3-4-16(13)20-26-11-18(33-20)19-17(22(23,24)25)10-27-21(29-19)28-15-5-7-30(32-2)8-6-15/h3-4,9-11,15,31H,5-8,12H2,1-2H3,(H,27,28,29). The molecule has 2 N–H and O–H groups in total. The largest absolute Gasteiger partial charge is 0.420 e. The molecule has 0 atom stereocenters. The van der Waals surface area contributed by atoms with Gasteiger partial charge in [-0.3, -0.25) is 4.31 Å². The molecule has 0 amide bonds. The Morgan fingerprint density at radius 1 is 1.21 bits per heavy atom. The van der Waals surface area contributed by atoms with Gasteiger partial charge in [0.15, 0.2) is 0 Å². The highest BCUT2D eigenvalue weighted by molar-refractivity contribution is 7.96. The number of hydrogen-bond acceptors (Lipinski definition) is 8. The molecule has 3 heterocycles. The molecule has 1 fully saturated rings. The molecule has 0 aliphatic carbocycles. The van der Waals surface area contributed by atoms with E-state index in [1.54, 1.807) is 18.0 Å². The summed E-state index contributed by atoms with van der Waals surface area (Å²) in [6.45, 7) is 3.61. The van der Waals surface area contributed by atoms with Crippen molar-refractivity contribution in [2.24, 2.45) is 0 Å². The van der Waals surface area contributed by atoms with E-state index in [1.807, 2.05) is 25.3 Å². The summed E-state index contributed by atoms with van der Waals surface area (Å²) in [6.07, 6.45) is 1.47. The van der Waals surface area contributed by atoms with Crippen molar-refractivity contribution < 1.29 is 18.3 Å². The molecule has 176 valence electrons. The zero-order chi connectivity index (χ0) is 23.6. The number of halogens is 3. The molecule has 11 heteroatoms. The molecule has 0 radical (unpaired) electrons. The SMILES string of the molecule is CSN1CCC(Nc2ncc(C(F)(F)F)c(-c3cnc(-c4ccc(CO)cc4C)s3)n2)CC1. The second kappa shape index (κ2) is 9.96. The van der Waals surface area contributed by atoms with Crippen molar-refractivity contribution in [3.63, 3.8) is 0 Å². The van der Waals surface area contributed by atoms with Crippen LogP contribution in [0.3, 0.4) is 0 Å². The lowest BCUT2D eigenvalue weighted by Gasteiger charge is -2.30. The zero-order valence-electron chi connectivity index (χ0n) is 18.2. The molecule has 0 unspecified atom stereocenters. The van der Waals surface area contributed by atoms with Gasteiger partial charge in [-0.15, -0.1) is 11.3 Å². The first kappa shape index (κ1) is 23.9. The van der Waals surface area contributed by atoms with Crippen LogP contribution in [0.4, 0.5) is 19.1 Å². The summed E-state index contributed by atoms with van der Waals surface area (Å²) in [4.78, 5) is 12.9. The van der Waals surface area contributed by atoms with Gasteiger partial charge in [0, 0.05) is 37.1 Å². The van der Waals surface area contributed by atoms with Crippen LogP contribution in [0, 0.1) is 6.92 Å². The van der Waals surface area contributed by atoms with Crippen molar-refractivity contribution in [2.75, 3.05) is 24.7 Å². The molecule has 0 saturated carbocycles. The van der Waals surface area contributed by atoms with Crippen LogP contribution in [0.2, 0.25) is 0 Å². The lowest BCUT2D eigenvalue weighted by molar-refractivity contribution is -0.137. The second-order valence-electron chi connectivity index (χ2n) is 7.82. The summed E-state index contributed by atoms with van der Waals surface area (Å²) in [5.41, 5.74) is 1.41. The van der Waals surface area contributed by atoms with E-state index < -0.39 is 11.7 Å². The number of thiazole rings is 1. The number of nitrogens with one attached hydrogen (secondary N) is 1. The molecule has 3 aromatic rings. The lowest BCUT2D eigenvalue weighted by Crippen LogP contribution is -2.35. The van der Waals surface area contributed by atoms with Gasteiger partial charge in [0.25, 0.3) is 0 Å². The Labute approximate surface area is 198 Å². The Bertz CT molecular complexity index is 1110. The fraction of sp³-hybridized carbons (Fsp3) is 0.409. The monoisotopic (exact) mass is 495 g/mol. The smallest absolute Gasteiger partial charge is 0.392 e. The van der Waals surface area contributed by atoms with Crippen LogP contribution in [-0.4, -0.2) is 49.8 Å². The zero-order valence-corrected chi connectivity index (χ0v) is 19.8. The summed E-state index contributed by atoms with van der Waals surface area (Å²) >= 11 is 2.85. The van der Waals surface area contributed by atoms with E-state index in [2.05, 4.69) is 24.6 Å². The van der Waals surface area contributed by atoms with Gasteiger partial charge in [0.2, 0.25) is 5.95 Å². The molecule has 0 spiro atoms. The number of aromatic nitrogens is 3. The van der Waals surface area contributed by atoms with Crippen LogP contribution in [0.5, 0.6) is 0 Å². The predicted octanol–water partition coefficient (Wildman–Crippen LogP) is 5.24. The van der Waals surface area contributed by atoms with E-state index in [-0.39, 0.29) is 24.3 Å². The van der Waals surface area contributed by atoms with Gasteiger partial charge >= 0.3 is 6.18 Å². The van der Waals surface area contributed by atoms with Crippen LogP contribution >= 0.6 is 23.3 Å². The fourth-order valence-corrected chi connectivity index (χ4v) is 5.37. The summed E-state index contributed by atoms with van der Waals surface area (Å²) in [5.74, 6) is 0.194. The van der Waals surface area contributed by atoms with Crippen molar-refractivity contribution in [1.82, 2.24) is 19.3 Å². The van der Waals surface area contributed by atoms with Gasteiger partial charge in [-0.25, -0.2) is 15.0 Å². The van der Waals surface area contributed by atoms with Crippen molar-refractivity contribution in [3.8, 4) is 21.1 Å². The Morgan fingerprint density at radius 2 is 1.97 bits per heavy atom. The van der Waals surface area contributed by atoms with E-state index >= 15 is 0 Å². The number of alkyl halides is 3. The topological polar surface area (TPSA) is 74.2 Å². The highest BCUT2D eigenvalue weighted by Gasteiger charge is 2.36.